The van der Waals surface area contributed by atoms with Gasteiger partial charge in [-0.1, -0.05) is 32.9 Å². The maximum Gasteiger partial charge on any atom is 0.264 e. The minimum atomic E-state index is -0.214. The molecule has 5 nitrogen and oxygen atoms in total. The number of hydrogen-bond donors (Lipinski definition) is 1. The van der Waals surface area contributed by atoms with E-state index in [2.05, 4.69) is 31.1 Å². The third-order valence-electron chi connectivity index (χ3n) is 4.84. The Kier molecular flexibility index (Phi) is 5.51. The van der Waals surface area contributed by atoms with Crippen molar-refractivity contribution in [1.29, 1.82) is 0 Å². The molecule has 6 heteroatoms. The molecule has 0 aliphatic heterocycles. The number of carbonyl (C=O) groups excluding carboxylic acids is 1. The molecular weight excluding hydrogens is 348 g/mol. The molecule has 2 aromatic rings. The predicted molar refractivity (Wildman–Crippen MR) is 104 cm³/mol. The summed E-state index contributed by atoms with van der Waals surface area (Å²) >= 11 is 1.59. The van der Waals surface area contributed by atoms with E-state index >= 15 is 0 Å². The van der Waals surface area contributed by atoms with Crippen LogP contribution in [-0.2, 0) is 17.6 Å². The standard InChI is InChI=1S/C20H26N2O3S/c1-20(2,3)13-9-10-14-17(11-13)26-19(21-14)22-18(23)12-25-16-8-6-5-7-15(16)24-4/h5-8,13H,9-12H2,1-4H3,(H,21,22,23)/t13-/m0/s1. The van der Waals surface area contributed by atoms with E-state index in [1.807, 2.05) is 12.1 Å². The third-order valence-corrected chi connectivity index (χ3v) is 5.87. The van der Waals surface area contributed by atoms with Crippen molar-refractivity contribution in [3.63, 3.8) is 0 Å². The van der Waals surface area contributed by atoms with E-state index in [1.54, 1.807) is 30.6 Å². The quantitative estimate of drug-likeness (QED) is 0.847. The van der Waals surface area contributed by atoms with Crippen molar-refractivity contribution in [3.8, 4) is 11.5 Å². The zero-order valence-electron chi connectivity index (χ0n) is 15.8. The van der Waals surface area contributed by atoms with Crippen LogP contribution in [0.15, 0.2) is 24.3 Å². The highest BCUT2D eigenvalue weighted by Gasteiger charge is 2.30. The molecule has 0 fully saturated rings. The number of methoxy groups -OCH3 is 1. The van der Waals surface area contributed by atoms with Crippen LogP contribution in [-0.4, -0.2) is 24.6 Å². The van der Waals surface area contributed by atoms with Gasteiger partial charge in [0.05, 0.1) is 12.8 Å². The number of aromatic nitrogens is 1. The molecule has 1 heterocycles. The van der Waals surface area contributed by atoms with Crippen molar-refractivity contribution < 1.29 is 14.3 Å². The average Bonchev–Trinajstić information content (AvgIpc) is 3.00. The number of carbonyl (C=O) groups is 1. The van der Waals surface area contributed by atoms with Gasteiger partial charge in [-0.3, -0.25) is 10.1 Å². The summed E-state index contributed by atoms with van der Waals surface area (Å²) in [4.78, 5) is 18.1. The van der Waals surface area contributed by atoms with Crippen LogP contribution in [0.2, 0.25) is 0 Å². The zero-order valence-corrected chi connectivity index (χ0v) is 16.6. The highest BCUT2D eigenvalue weighted by atomic mass is 32.1. The highest BCUT2D eigenvalue weighted by Crippen LogP contribution is 2.40. The summed E-state index contributed by atoms with van der Waals surface area (Å²) in [6, 6.07) is 7.28. The number of hydrogen-bond acceptors (Lipinski definition) is 5. The number of fused-ring (bicyclic) bond motifs is 1. The summed E-state index contributed by atoms with van der Waals surface area (Å²) in [6.45, 7) is 6.81. The van der Waals surface area contributed by atoms with Gasteiger partial charge in [0.25, 0.3) is 5.91 Å². The van der Waals surface area contributed by atoms with E-state index in [9.17, 15) is 4.79 Å². The molecule has 0 radical (unpaired) electrons. The first-order valence-corrected chi connectivity index (χ1v) is 9.72. The molecule has 0 saturated carbocycles. The van der Waals surface area contributed by atoms with Crippen molar-refractivity contribution in [3.05, 3.63) is 34.8 Å². The Morgan fingerprint density at radius 1 is 1.31 bits per heavy atom. The van der Waals surface area contributed by atoms with Gasteiger partial charge in [-0.15, -0.1) is 11.3 Å². The summed E-state index contributed by atoms with van der Waals surface area (Å²) in [6.07, 6.45) is 3.19. The summed E-state index contributed by atoms with van der Waals surface area (Å²) in [5.41, 5.74) is 1.43. The van der Waals surface area contributed by atoms with Gasteiger partial charge in [0.1, 0.15) is 0 Å². The lowest BCUT2D eigenvalue weighted by molar-refractivity contribution is -0.118. The van der Waals surface area contributed by atoms with Crippen molar-refractivity contribution in [2.45, 2.75) is 40.0 Å². The Morgan fingerprint density at radius 2 is 2.04 bits per heavy atom. The normalized spacial score (nSPS) is 16.7. The van der Waals surface area contributed by atoms with Gasteiger partial charge in [0.2, 0.25) is 0 Å². The molecule has 1 aliphatic carbocycles. The molecular formula is C20H26N2O3S. The van der Waals surface area contributed by atoms with Gasteiger partial charge in [-0.25, -0.2) is 4.98 Å². The molecule has 1 aromatic carbocycles. The Labute approximate surface area is 158 Å². The molecule has 140 valence electrons. The number of anilines is 1. The van der Waals surface area contributed by atoms with Crippen LogP contribution >= 0.6 is 11.3 Å². The Balaban J connectivity index is 1.58. The summed E-state index contributed by atoms with van der Waals surface area (Å²) in [7, 11) is 1.58. The average molecular weight is 375 g/mol. The number of amides is 1. The molecule has 0 bridgehead atoms. The minimum absolute atomic E-state index is 0.0742. The summed E-state index contributed by atoms with van der Waals surface area (Å²) in [5.74, 6) is 1.61. The second-order valence-electron chi connectivity index (χ2n) is 7.68. The van der Waals surface area contributed by atoms with Crippen LogP contribution < -0.4 is 14.8 Å². The number of ether oxygens (including phenoxy) is 2. The predicted octanol–water partition coefficient (Wildman–Crippen LogP) is 4.32. The SMILES string of the molecule is COc1ccccc1OCC(=O)Nc1nc2c(s1)C[C@@H](C(C)(C)C)CC2. The molecule has 1 aliphatic rings. The molecule has 26 heavy (non-hydrogen) atoms. The summed E-state index contributed by atoms with van der Waals surface area (Å²) in [5, 5.41) is 3.53. The van der Waals surface area contributed by atoms with Crippen LogP contribution in [0.1, 0.15) is 37.8 Å². The van der Waals surface area contributed by atoms with Crippen LogP contribution in [0.3, 0.4) is 0 Å². The molecule has 1 atom stereocenters. The number of nitrogens with one attached hydrogen (secondary N) is 1. The van der Waals surface area contributed by atoms with E-state index in [0.717, 1.165) is 25.0 Å². The Hall–Kier alpha value is -2.08. The third kappa shape index (κ3) is 4.36. The minimum Gasteiger partial charge on any atom is -0.493 e. The first-order valence-electron chi connectivity index (χ1n) is 8.91. The van der Waals surface area contributed by atoms with Crippen molar-refractivity contribution in [2.75, 3.05) is 19.0 Å². The van der Waals surface area contributed by atoms with Gasteiger partial charge < -0.3 is 9.47 Å². The lowest BCUT2D eigenvalue weighted by atomic mass is 9.73. The van der Waals surface area contributed by atoms with Crippen molar-refractivity contribution in [2.24, 2.45) is 11.3 Å². The Morgan fingerprint density at radius 3 is 2.73 bits per heavy atom. The number of thiazole rings is 1. The lowest BCUT2D eigenvalue weighted by Gasteiger charge is -2.33. The van der Waals surface area contributed by atoms with E-state index < -0.39 is 0 Å². The smallest absolute Gasteiger partial charge is 0.264 e. The fraction of sp³-hybridized carbons (Fsp3) is 0.500. The number of aryl methyl sites for hydroxylation is 1. The fourth-order valence-corrected chi connectivity index (χ4v) is 4.31. The fourth-order valence-electron chi connectivity index (χ4n) is 3.20. The van der Waals surface area contributed by atoms with Gasteiger partial charge in [-0.2, -0.15) is 0 Å². The van der Waals surface area contributed by atoms with Crippen molar-refractivity contribution in [1.82, 2.24) is 4.98 Å². The molecule has 0 spiro atoms. The van der Waals surface area contributed by atoms with E-state index in [1.165, 1.54) is 4.88 Å². The number of nitrogens with zero attached hydrogens (tertiary/aromatic N) is 1. The Bertz CT molecular complexity index is 780. The van der Waals surface area contributed by atoms with E-state index in [4.69, 9.17) is 9.47 Å². The van der Waals surface area contributed by atoms with Gasteiger partial charge in [0.15, 0.2) is 23.2 Å². The number of para-hydroxylation sites is 2. The van der Waals surface area contributed by atoms with E-state index in [0.29, 0.717) is 28.0 Å². The van der Waals surface area contributed by atoms with Gasteiger partial charge >= 0.3 is 0 Å². The lowest BCUT2D eigenvalue weighted by Crippen LogP contribution is -2.26. The van der Waals surface area contributed by atoms with E-state index in [-0.39, 0.29) is 12.5 Å². The van der Waals surface area contributed by atoms with Crippen LogP contribution in [0, 0.1) is 11.3 Å². The second-order valence-corrected chi connectivity index (χ2v) is 8.77. The largest absolute Gasteiger partial charge is 0.493 e. The monoisotopic (exact) mass is 374 g/mol. The first-order chi connectivity index (χ1) is 12.4. The zero-order chi connectivity index (χ0) is 18.7. The van der Waals surface area contributed by atoms with Crippen molar-refractivity contribution >= 4 is 22.4 Å². The van der Waals surface area contributed by atoms with Gasteiger partial charge in [0, 0.05) is 4.88 Å². The second kappa shape index (κ2) is 7.66. The molecule has 0 saturated heterocycles. The summed E-state index contributed by atoms with van der Waals surface area (Å²) < 4.78 is 10.8. The molecule has 1 amide bonds. The number of rotatable bonds is 5. The van der Waals surface area contributed by atoms with Gasteiger partial charge in [-0.05, 0) is 42.7 Å². The topological polar surface area (TPSA) is 60.5 Å². The number of benzene rings is 1. The first kappa shape index (κ1) is 18.7. The molecule has 1 N–H and O–H groups in total. The maximum atomic E-state index is 12.2. The maximum absolute atomic E-state index is 12.2. The highest BCUT2D eigenvalue weighted by molar-refractivity contribution is 7.15. The van der Waals surface area contributed by atoms with Crippen LogP contribution in [0.4, 0.5) is 5.13 Å². The molecule has 3 rings (SSSR count). The van der Waals surface area contributed by atoms with Crippen LogP contribution in [0.5, 0.6) is 11.5 Å². The van der Waals surface area contributed by atoms with Crippen LogP contribution in [0.25, 0.3) is 0 Å². The molecule has 1 aromatic heterocycles. The molecule has 0 unspecified atom stereocenters.